The van der Waals surface area contributed by atoms with Crippen LogP contribution in [-0.2, 0) is 19.3 Å². The minimum atomic E-state index is -0.644. The van der Waals surface area contributed by atoms with Crippen LogP contribution in [0.5, 0.6) is 0 Å². The van der Waals surface area contributed by atoms with Crippen molar-refractivity contribution in [1.82, 2.24) is 5.32 Å². The Bertz CT molecular complexity index is 623. The summed E-state index contributed by atoms with van der Waals surface area (Å²) in [6.45, 7) is 5.33. The summed E-state index contributed by atoms with van der Waals surface area (Å²) in [5.41, 5.74) is 5.71. The Labute approximate surface area is 174 Å². The van der Waals surface area contributed by atoms with Crippen LogP contribution in [-0.4, -0.2) is 30.6 Å². The highest BCUT2D eigenvalue weighted by Crippen LogP contribution is 2.64. The molecule has 5 saturated carbocycles. The Morgan fingerprint density at radius 1 is 1.10 bits per heavy atom. The number of nitrogens with one attached hydrogen (secondary N) is 1. The van der Waals surface area contributed by atoms with Gasteiger partial charge in [-0.15, -0.1) is 0 Å². The van der Waals surface area contributed by atoms with Gasteiger partial charge >= 0.3 is 0 Å². The highest BCUT2D eigenvalue weighted by atomic mass is 17.3. The summed E-state index contributed by atoms with van der Waals surface area (Å²) in [6, 6.07) is 0. The number of ether oxygens (including phenoxy) is 1. The van der Waals surface area contributed by atoms with Gasteiger partial charge in [-0.05, 0) is 74.7 Å². The predicted molar refractivity (Wildman–Crippen MR) is 108 cm³/mol. The van der Waals surface area contributed by atoms with E-state index in [9.17, 15) is 4.79 Å². The van der Waals surface area contributed by atoms with E-state index in [-0.39, 0.29) is 17.2 Å². The average molecular weight is 407 g/mol. The van der Waals surface area contributed by atoms with Gasteiger partial charge in [-0.2, -0.15) is 9.78 Å². The molecule has 6 fully saturated rings. The van der Waals surface area contributed by atoms with Crippen LogP contribution in [0.3, 0.4) is 0 Å². The predicted octanol–water partition coefficient (Wildman–Crippen LogP) is 3.49. The van der Waals surface area contributed by atoms with Gasteiger partial charge in [0.05, 0.1) is 0 Å². The first-order valence-electron chi connectivity index (χ1n) is 11.9. The van der Waals surface area contributed by atoms with E-state index in [1.807, 2.05) is 0 Å². The Hall–Kier alpha value is -0.690. The van der Waals surface area contributed by atoms with Gasteiger partial charge in [0.2, 0.25) is 17.5 Å². The molecule has 0 aromatic carbocycles. The summed E-state index contributed by atoms with van der Waals surface area (Å²) >= 11 is 0. The number of carbonyl (C=O) groups excluding carboxylic acids is 1. The Kier molecular flexibility index (Phi) is 5.01. The van der Waals surface area contributed by atoms with Crippen LogP contribution in [0.25, 0.3) is 0 Å². The van der Waals surface area contributed by atoms with Crippen molar-refractivity contribution in [2.24, 2.45) is 40.7 Å². The minimum Gasteiger partial charge on any atom is -0.356 e. The molecule has 6 heteroatoms. The largest absolute Gasteiger partial charge is 0.356 e. The number of carbonyl (C=O) groups is 1. The molecule has 0 unspecified atom stereocenters. The Morgan fingerprint density at radius 3 is 2.45 bits per heavy atom. The van der Waals surface area contributed by atoms with E-state index in [1.54, 1.807) is 0 Å². The average Bonchev–Trinajstić information content (AvgIpc) is 3.04. The highest BCUT2D eigenvalue weighted by molar-refractivity contribution is 5.76. The lowest BCUT2D eigenvalue weighted by Gasteiger charge is -2.57. The zero-order valence-corrected chi connectivity index (χ0v) is 18.1. The standard InChI is InChI=1S/C23H38N2O4/c1-21(2,13-24)14-25-20(26)11-15-4-3-5-22(12-15)27-23(29-28-22)18-7-16-6-17(9-18)10-19(23)8-16/h15-19H,3-14,24H2,1-2H3,(H,25,26)/t15-,16?,17?,18?,19?,22+,23?/m0/s1. The molecule has 4 bridgehead atoms. The molecule has 0 aromatic rings. The molecule has 1 heterocycles. The maximum atomic E-state index is 12.5. The second-order valence-electron chi connectivity index (χ2n) is 11.5. The fraction of sp³-hybridized carbons (Fsp3) is 0.957. The summed E-state index contributed by atoms with van der Waals surface area (Å²) in [5, 5.41) is 3.07. The first kappa shape index (κ1) is 20.2. The molecule has 6 rings (SSSR count). The summed E-state index contributed by atoms with van der Waals surface area (Å²) in [7, 11) is 0. The van der Waals surface area contributed by atoms with Crippen molar-refractivity contribution in [3.8, 4) is 0 Å². The van der Waals surface area contributed by atoms with Crippen molar-refractivity contribution in [3.05, 3.63) is 0 Å². The molecule has 6 nitrogen and oxygen atoms in total. The number of amides is 1. The van der Waals surface area contributed by atoms with Crippen molar-refractivity contribution in [3.63, 3.8) is 0 Å². The van der Waals surface area contributed by atoms with E-state index in [0.29, 0.717) is 31.3 Å². The van der Waals surface area contributed by atoms with Crippen LogP contribution in [0.1, 0.15) is 78.1 Å². The minimum absolute atomic E-state index is 0.0686. The third-order valence-corrected chi connectivity index (χ3v) is 8.51. The second-order valence-corrected chi connectivity index (χ2v) is 11.5. The van der Waals surface area contributed by atoms with Gasteiger partial charge in [-0.3, -0.25) is 4.79 Å². The fourth-order valence-electron chi connectivity index (χ4n) is 7.00. The number of hydrogen-bond donors (Lipinski definition) is 2. The molecule has 6 aliphatic rings. The van der Waals surface area contributed by atoms with Crippen LogP contribution in [0.15, 0.2) is 0 Å². The van der Waals surface area contributed by atoms with E-state index >= 15 is 0 Å². The van der Waals surface area contributed by atoms with Crippen molar-refractivity contribution >= 4 is 5.91 Å². The first-order chi connectivity index (χ1) is 13.8. The second kappa shape index (κ2) is 7.18. The zero-order valence-electron chi connectivity index (χ0n) is 18.1. The number of nitrogens with two attached hydrogens (primary N) is 1. The Balaban J connectivity index is 1.21. The van der Waals surface area contributed by atoms with Gasteiger partial charge in [0.25, 0.3) is 0 Å². The topological polar surface area (TPSA) is 82.8 Å². The van der Waals surface area contributed by atoms with E-state index in [2.05, 4.69) is 19.2 Å². The third kappa shape index (κ3) is 3.64. The molecule has 3 N–H and O–H groups in total. The lowest BCUT2D eigenvalue weighted by atomic mass is 9.53. The molecule has 1 aliphatic heterocycles. The van der Waals surface area contributed by atoms with Gasteiger partial charge in [0.15, 0.2) is 0 Å². The Morgan fingerprint density at radius 2 is 1.79 bits per heavy atom. The van der Waals surface area contributed by atoms with Crippen LogP contribution in [0.4, 0.5) is 0 Å². The van der Waals surface area contributed by atoms with Crippen LogP contribution >= 0.6 is 0 Å². The maximum absolute atomic E-state index is 12.5. The van der Waals surface area contributed by atoms with Crippen LogP contribution in [0, 0.1) is 35.0 Å². The van der Waals surface area contributed by atoms with Gasteiger partial charge in [0.1, 0.15) is 0 Å². The van der Waals surface area contributed by atoms with Gasteiger partial charge in [-0.25, -0.2) is 0 Å². The summed E-state index contributed by atoms with van der Waals surface area (Å²) < 4.78 is 6.81. The first-order valence-corrected chi connectivity index (χ1v) is 11.9. The lowest BCUT2D eigenvalue weighted by molar-refractivity contribution is -0.390. The zero-order chi connectivity index (χ0) is 20.3. The van der Waals surface area contributed by atoms with Crippen molar-refractivity contribution in [2.45, 2.75) is 89.6 Å². The molecule has 2 atom stereocenters. The quantitative estimate of drug-likeness (QED) is 0.683. The smallest absolute Gasteiger partial charge is 0.220 e. The molecule has 5 aliphatic carbocycles. The van der Waals surface area contributed by atoms with E-state index in [1.165, 1.54) is 32.1 Å². The van der Waals surface area contributed by atoms with Crippen molar-refractivity contribution in [1.29, 1.82) is 0 Å². The van der Waals surface area contributed by atoms with E-state index < -0.39 is 11.6 Å². The van der Waals surface area contributed by atoms with E-state index in [0.717, 1.165) is 37.5 Å². The van der Waals surface area contributed by atoms with Gasteiger partial charge < -0.3 is 15.8 Å². The van der Waals surface area contributed by atoms with Gasteiger partial charge in [0, 0.05) is 37.6 Å². The molecule has 0 radical (unpaired) electrons. The molecule has 1 saturated heterocycles. The summed E-state index contributed by atoms with van der Waals surface area (Å²) in [5.74, 6) is 1.94. The number of rotatable bonds is 5. The fourth-order valence-corrected chi connectivity index (χ4v) is 7.00. The monoisotopic (exact) mass is 406 g/mol. The normalized spacial score (nSPS) is 46.0. The summed E-state index contributed by atoms with van der Waals surface area (Å²) in [6.07, 6.45) is 10.6. The lowest BCUT2D eigenvalue weighted by Crippen LogP contribution is -2.59. The van der Waals surface area contributed by atoms with Crippen molar-refractivity contribution < 1.29 is 19.3 Å². The molecular formula is C23H38N2O4. The van der Waals surface area contributed by atoms with Crippen molar-refractivity contribution in [2.75, 3.05) is 13.1 Å². The van der Waals surface area contributed by atoms with Gasteiger partial charge in [-0.1, -0.05) is 13.8 Å². The SMILES string of the molecule is CC(C)(CN)CNC(=O)C[C@@H]1CCC[C@]2(C1)OOC1(O2)C2CC3CC(C2)CC1C3. The van der Waals surface area contributed by atoms with E-state index in [4.69, 9.17) is 20.2 Å². The molecule has 164 valence electrons. The van der Waals surface area contributed by atoms with Crippen LogP contribution in [0.2, 0.25) is 0 Å². The third-order valence-electron chi connectivity index (χ3n) is 8.51. The molecular weight excluding hydrogens is 368 g/mol. The molecule has 29 heavy (non-hydrogen) atoms. The maximum Gasteiger partial charge on any atom is 0.220 e. The summed E-state index contributed by atoms with van der Waals surface area (Å²) in [4.78, 5) is 24.7. The molecule has 1 amide bonds. The highest BCUT2D eigenvalue weighted by Gasteiger charge is 2.66. The molecule has 0 aromatic heterocycles. The van der Waals surface area contributed by atoms with Crippen LogP contribution < -0.4 is 11.1 Å². The molecule has 2 spiro atoms. The number of hydrogen-bond acceptors (Lipinski definition) is 5.